The average molecular weight is 226 g/mol. The Hall–Kier alpha value is -1.46. The van der Waals surface area contributed by atoms with Crippen molar-refractivity contribution in [3.63, 3.8) is 0 Å². The first-order chi connectivity index (χ1) is 7.43. The third kappa shape index (κ3) is 2.77. The molecule has 90 valence electrons. The average Bonchev–Trinajstić information content (AvgIpc) is 2.61. The monoisotopic (exact) mass is 226 g/mol. The summed E-state index contributed by atoms with van der Waals surface area (Å²) in [7, 11) is 0. The van der Waals surface area contributed by atoms with Gasteiger partial charge < -0.3 is 5.11 Å². The zero-order valence-corrected chi connectivity index (χ0v) is 10.1. The SMILES string of the molecule is CC(C)CC(C(=O)O)n1nnnc1C(C)C. The molecule has 16 heavy (non-hydrogen) atoms. The zero-order valence-electron chi connectivity index (χ0n) is 10.1. The molecule has 6 heteroatoms. The van der Waals surface area contributed by atoms with Crippen molar-refractivity contribution < 1.29 is 9.90 Å². The highest BCUT2D eigenvalue weighted by Crippen LogP contribution is 2.21. The van der Waals surface area contributed by atoms with Crippen LogP contribution in [0.2, 0.25) is 0 Å². The van der Waals surface area contributed by atoms with Gasteiger partial charge in [0.05, 0.1) is 0 Å². The minimum Gasteiger partial charge on any atom is -0.480 e. The standard InChI is InChI=1S/C10H18N4O2/c1-6(2)5-8(10(15)16)14-9(7(3)4)11-12-13-14/h6-8H,5H2,1-4H3,(H,15,16). The lowest BCUT2D eigenvalue weighted by Gasteiger charge is -2.16. The van der Waals surface area contributed by atoms with Crippen molar-refractivity contribution in [1.82, 2.24) is 20.2 Å². The molecule has 1 rings (SSSR count). The van der Waals surface area contributed by atoms with E-state index >= 15 is 0 Å². The number of carboxylic acid groups (broad SMARTS) is 1. The molecule has 0 amide bonds. The highest BCUT2D eigenvalue weighted by molar-refractivity contribution is 5.71. The second-order valence-electron chi connectivity index (χ2n) is 4.62. The summed E-state index contributed by atoms with van der Waals surface area (Å²) in [6, 6.07) is -0.674. The van der Waals surface area contributed by atoms with Crippen LogP contribution < -0.4 is 0 Å². The highest BCUT2D eigenvalue weighted by atomic mass is 16.4. The number of carbonyl (C=O) groups is 1. The molecule has 0 fully saturated rings. The van der Waals surface area contributed by atoms with Crippen LogP contribution in [0.4, 0.5) is 0 Å². The third-order valence-electron chi connectivity index (χ3n) is 2.31. The van der Waals surface area contributed by atoms with Crippen LogP contribution in [0.1, 0.15) is 51.9 Å². The number of hydrogen-bond donors (Lipinski definition) is 1. The molecular weight excluding hydrogens is 208 g/mol. The first-order valence-corrected chi connectivity index (χ1v) is 5.44. The van der Waals surface area contributed by atoms with Crippen molar-refractivity contribution in [1.29, 1.82) is 0 Å². The van der Waals surface area contributed by atoms with E-state index in [1.165, 1.54) is 4.68 Å². The Balaban J connectivity index is 3.01. The van der Waals surface area contributed by atoms with Crippen molar-refractivity contribution in [3.8, 4) is 0 Å². The Morgan fingerprint density at radius 1 is 1.38 bits per heavy atom. The largest absolute Gasteiger partial charge is 0.480 e. The molecule has 6 nitrogen and oxygen atoms in total. The van der Waals surface area contributed by atoms with E-state index in [9.17, 15) is 9.90 Å². The maximum atomic E-state index is 11.2. The van der Waals surface area contributed by atoms with Crippen molar-refractivity contribution in [2.45, 2.75) is 46.1 Å². The Kier molecular flexibility index (Phi) is 3.98. The van der Waals surface area contributed by atoms with Crippen molar-refractivity contribution in [3.05, 3.63) is 5.82 Å². The van der Waals surface area contributed by atoms with Crippen LogP contribution in [0.25, 0.3) is 0 Å². The second kappa shape index (κ2) is 5.05. The summed E-state index contributed by atoms with van der Waals surface area (Å²) in [6.07, 6.45) is 0.528. The Morgan fingerprint density at radius 2 is 2.00 bits per heavy atom. The lowest BCUT2D eigenvalue weighted by molar-refractivity contribution is -0.141. The van der Waals surface area contributed by atoms with E-state index in [-0.39, 0.29) is 11.8 Å². The molecule has 1 N–H and O–H groups in total. The fraction of sp³-hybridized carbons (Fsp3) is 0.800. The summed E-state index contributed by atoms with van der Waals surface area (Å²) in [5.41, 5.74) is 0. The van der Waals surface area contributed by atoms with Gasteiger partial charge in [-0.3, -0.25) is 0 Å². The normalized spacial score (nSPS) is 13.4. The van der Waals surface area contributed by atoms with E-state index in [1.807, 2.05) is 27.7 Å². The number of hydrogen-bond acceptors (Lipinski definition) is 4. The summed E-state index contributed by atoms with van der Waals surface area (Å²) < 4.78 is 1.42. The van der Waals surface area contributed by atoms with Gasteiger partial charge in [0.1, 0.15) is 0 Å². The summed E-state index contributed by atoms with van der Waals surface area (Å²) in [4.78, 5) is 11.2. The molecule has 0 saturated carbocycles. The van der Waals surface area contributed by atoms with E-state index in [0.29, 0.717) is 12.2 Å². The number of nitrogens with zero attached hydrogens (tertiary/aromatic N) is 4. The molecule has 0 saturated heterocycles. The van der Waals surface area contributed by atoms with Crippen LogP contribution in [0, 0.1) is 5.92 Å². The summed E-state index contributed by atoms with van der Waals surface area (Å²) >= 11 is 0. The van der Waals surface area contributed by atoms with Crippen LogP contribution in [0.15, 0.2) is 0 Å². The first kappa shape index (κ1) is 12.6. The second-order valence-corrected chi connectivity index (χ2v) is 4.62. The minimum atomic E-state index is -0.886. The number of aliphatic carboxylic acids is 1. The summed E-state index contributed by atoms with van der Waals surface area (Å²) in [6.45, 7) is 7.84. The molecule has 1 unspecified atom stereocenters. The number of carboxylic acids is 1. The van der Waals surface area contributed by atoms with Gasteiger partial charge in [0.25, 0.3) is 0 Å². The van der Waals surface area contributed by atoms with E-state index in [2.05, 4.69) is 15.5 Å². The van der Waals surface area contributed by atoms with Crippen LogP contribution in [-0.2, 0) is 4.79 Å². The predicted octanol–water partition coefficient (Wildman–Crippen LogP) is 1.47. The molecule has 0 aliphatic heterocycles. The zero-order chi connectivity index (χ0) is 12.3. The van der Waals surface area contributed by atoms with Crippen LogP contribution in [0.5, 0.6) is 0 Å². The van der Waals surface area contributed by atoms with Crippen LogP contribution in [0.3, 0.4) is 0 Å². The van der Waals surface area contributed by atoms with Crippen LogP contribution >= 0.6 is 0 Å². The van der Waals surface area contributed by atoms with Crippen LogP contribution in [-0.4, -0.2) is 31.3 Å². The summed E-state index contributed by atoms with van der Waals surface area (Å²) in [5.74, 6) is 0.130. The molecule has 0 radical (unpaired) electrons. The molecule has 0 aromatic carbocycles. The maximum Gasteiger partial charge on any atom is 0.328 e. The van der Waals surface area contributed by atoms with E-state index in [4.69, 9.17) is 0 Å². The molecule has 1 aromatic rings. The third-order valence-corrected chi connectivity index (χ3v) is 2.31. The molecule has 0 aliphatic carbocycles. The number of rotatable bonds is 5. The first-order valence-electron chi connectivity index (χ1n) is 5.44. The highest BCUT2D eigenvalue weighted by Gasteiger charge is 2.26. The molecule has 0 aliphatic rings. The molecule has 1 heterocycles. The molecule has 0 bridgehead atoms. The fourth-order valence-corrected chi connectivity index (χ4v) is 1.55. The van der Waals surface area contributed by atoms with Gasteiger partial charge in [0, 0.05) is 5.92 Å². The van der Waals surface area contributed by atoms with Gasteiger partial charge in [-0.1, -0.05) is 27.7 Å². The van der Waals surface area contributed by atoms with E-state index < -0.39 is 12.0 Å². The molecule has 1 atom stereocenters. The Labute approximate surface area is 94.7 Å². The van der Waals surface area contributed by atoms with E-state index in [0.717, 1.165) is 0 Å². The van der Waals surface area contributed by atoms with Crippen molar-refractivity contribution >= 4 is 5.97 Å². The van der Waals surface area contributed by atoms with Gasteiger partial charge in [-0.05, 0) is 22.8 Å². The van der Waals surface area contributed by atoms with Gasteiger partial charge in [0.15, 0.2) is 11.9 Å². The molecule has 1 aromatic heterocycles. The topological polar surface area (TPSA) is 80.9 Å². The van der Waals surface area contributed by atoms with Gasteiger partial charge in [0.2, 0.25) is 0 Å². The maximum absolute atomic E-state index is 11.2. The Bertz CT molecular complexity index is 359. The molecule has 0 spiro atoms. The fourth-order valence-electron chi connectivity index (χ4n) is 1.55. The molecular formula is C10H18N4O2. The van der Waals surface area contributed by atoms with E-state index in [1.54, 1.807) is 0 Å². The lowest BCUT2D eigenvalue weighted by atomic mass is 10.0. The quantitative estimate of drug-likeness (QED) is 0.822. The van der Waals surface area contributed by atoms with Gasteiger partial charge in [-0.25, -0.2) is 9.48 Å². The smallest absolute Gasteiger partial charge is 0.328 e. The van der Waals surface area contributed by atoms with Gasteiger partial charge >= 0.3 is 5.97 Å². The number of tetrazole rings is 1. The Morgan fingerprint density at radius 3 is 2.44 bits per heavy atom. The van der Waals surface area contributed by atoms with Gasteiger partial charge in [-0.15, -0.1) is 5.10 Å². The van der Waals surface area contributed by atoms with Crippen molar-refractivity contribution in [2.24, 2.45) is 5.92 Å². The predicted molar refractivity (Wildman–Crippen MR) is 58.0 cm³/mol. The lowest BCUT2D eigenvalue weighted by Crippen LogP contribution is -2.24. The van der Waals surface area contributed by atoms with Crippen molar-refractivity contribution in [2.75, 3.05) is 0 Å². The minimum absolute atomic E-state index is 0.115. The van der Waals surface area contributed by atoms with Gasteiger partial charge in [-0.2, -0.15) is 0 Å². The summed E-state index contributed by atoms with van der Waals surface area (Å²) in [5, 5.41) is 20.4. The number of aromatic nitrogens is 4.